The number of rotatable bonds is 5. The summed E-state index contributed by atoms with van der Waals surface area (Å²) in [7, 11) is 16.6. The first-order valence-corrected chi connectivity index (χ1v) is 20.9. The fourth-order valence-electron chi connectivity index (χ4n) is 7.85. The van der Waals surface area contributed by atoms with Crippen molar-refractivity contribution in [3.05, 3.63) is 77.4 Å². The van der Waals surface area contributed by atoms with Crippen molar-refractivity contribution in [1.82, 2.24) is 0 Å². The van der Waals surface area contributed by atoms with E-state index in [1.807, 2.05) is 42.6 Å². The maximum absolute atomic E-state index is 11.8. The SMILES string of the molecule is COc1ccccc1-c1ccccc1N=Cc1cc(C(C)(C)C)cc(C23CC4CC(CC(C4)C2)C3)c1O.[Cl][Ti]([Cl])[Cl]. The first-order valence-electron chi connectivity index (χ1n) is 14.5. The fourth-order valence-corrected chi connectivity index (χ4v) is 7.85. The van der Waals surface area contributed by atoms with Gasteiger partial charge in [0.25, 0.3) is 0 Å². The van der Waals surface area contributed by atoms with Crippen LogP contribution in [-0.4, -0.2) is 18.4 Å². The van der Waals surface area contributed by atoms with Crippen LogP contribution in [0.15, 0.2) is 65.7 Å². The molecular weight excluding hydrogens is 609 g/mol. The molecule has 4 aliphatic rings. The number of halogens is 3. The molecule has 3 nitrogen and oxygen atoms in total. The number of aliphatic imine (C=N–C) groups is 1. The normalized spacial score (nSPS) is 24.7. The number of methoxy groups -OCH3 is 1. The minimum atomic E-state index is -1.92. The number of para-hydroxylation sites is 2. The first kappa shape index (κ1) is 31.0. The number of nitrogens with zero attached hydrogens (tertiary/aromatic N) is 1. The standard InChI is InChI=1S/C34H39NO2.3ClH.Ti/c1-33(2,3)26-16-25(21-35-30-11-7-5-9-27(30)28-10-6-8-12-31(28)37-4)32(36)29(17-26)34-18-22-13-23(19-34)15-24(14-22)20-34;;;;/h5-12,16-17,21-24,36H,13-15,18-20H2,1-4H3;3*1H;/q;;;;+3/p-3. The zero-order valence-corrected chi connectivity index (χ0v) is 28.1. The Labute approximate surface area is 262 Å². The third kappa shape index (κ3) is 6.86. The van der Waals surface area contributed by atoms with Crippen LogP contribution in [0.1, 0.15) is 76.0 Å². The molecule has 0 saturated heterocycles. The van der Waals surface area contributed by atoms with E-state index < -0.39 is 14.7 Å². The van der Waals surface area contributed by atoms with Gasteiger partial charge in [0.1, 0.15) is 11.5 Å². The summed E-state index contributed by atoms with van der Waals surface area (Å²) in [5.41, 5.74) is 6.29. The Hall–Kier alpha value is -1.49. The number of aromatic hydroxyl groups is 1. The summed E-state index contributed by atoms with van der Waals surface area (Å²) in [6.07, 6.45) is 9.75. The summed E-state index contributed by atoms with van der Waals surface area (Å²) in [5, 5.41) is 11.8. The molecule has 0 aliphatic heterocycles. The van der Waals surface area contributed by atoms with E-state index in [0.717, 1.165) is 45.9 Å². The third-order valence-corrected chi connectivity index (χ3v) is 9.26. The van der Waals surface area contributed by atoms with E-state index >= 15 is 0 Å². The van der Waals surface area contributed by atoms with Crippen molar-refractivity contribution < 1.29 is 24.5 Å². The topological polar surface area (TPSA) is 41.8 Å². The van der Waals surface area contributed by atoms with E-state index in [1.165, 1.54) is 49.7 Å². The van der Waals surface area contributed by atoms with Crippen molar-refractivity contribution in [3.63, 3.8) is 0 Å². The Bertz CT molecular complexity index is 1380. The minimum absolute atomic E-state index is 0.0113. The molecule has 0 aromatic heterocycles. The van der Waals surface area contributed by atoms with Crippen LogP contribution in [-0.2, 0) is 25.5 Å². The van der Waals surface area contributed by atoms with E-state index in [0.29, 0.717) is 5.75 Å². The number of benzene rings is 3. The summed E-state index contributed by atoms with van der Waals surface area (Å²) in [6, 6.07) is 20.7. The Balaban J connectivity index is 0.000000794. The van der Waals surface area contributed by atoms with Crippen LogP contribution in [0.3, 0.4) is 0 Å². The molecule has 217 valence electrons. The molecule has 4 bridgehead atoms. The molecule has 0 radical (unpaired) electrons. The molecule has 4 fully saturated rings. The molecule has 0 unspecified atom stereocenters. The van der Waals surface area contributed by atoms with Gasteiger partial charge in [-0.15, -0.1) is 0 Å². The number of phenolic OH excluding ortho intramolecular Hbond substituents is 1. The van der Waals surface area contributed by atoms with Gasteiger partial charge in [-0.3, -0.25) is 4.99 Å². The van der Waals surface area contributed by atoms with Crippen molar-refractivity contribution >= 4 is 39.8 Å². The van der Waals surface area contributed by atoms with Crippen LogP contribution >= 0.6 is 27.9 Å². The average molecular weight is 648 g/mol. The molecule has 0 spiro atoms. The zero-order chi connectivity index (χ0) is 29.4. The summed E-state index contributed by atoms with van der Waals surface area (Å²) < 4.78 is 5.63. The molecule has 7 heteroatoms. The predicted octanol–water partition coefficient (Wildman–Crippen LogP) is 10.6. The van der Waals surface area contributed by atoms with Gasteiger partial charge in [0, 0.05) is 28.5 Å². The molecule has 41 heavy (non-hydrogen) atoms. The van der Waals surface area contributed by atoms with E-state index in [-0.39, 0.29) is 10.8 Å². The van der Waals surface area contributed by atoms with Gasteiger partial charge in [-0.2, -0.15) is 0 Å². The second-order valence-electron chi connectivity index (χ2n) is 13.1. The molecular formula is C34H39Cl3NO2Ti. The van der Waals surface area contributed by atoms with Crippen LogP contribution in [0.2, 0.25) is 0 Å². The number of ether oxygens (including phenoxy) is 1. The third-order valence-electron chi connectivity index (χ3n) is 9.26. The molecule has 0 atom stereocenters. The van der Waals surface area contributed by atoms with Crippen molar-refractivity contribution in [2.75, 3.05) is 7.11 Å². The molecule has 3 aromatic rings. The van der Waals surface area contributed by atoms with E-state index in [9.17, 15) is 5.11 Å². The van der Waals surface area contributed by atoms with Gasteiger partial charge in [-0.25, -0.2) is 0 Å². The van der Waals surface area contributed by atoms with Gasteiger partial charge in [-0.1, -0.05) is 63.2 Å². The van der Waals surface area contributed by atoms with Crippen LogP contribution in [0.4, 0.5) is 5.69 Å². The Kier molecular flexibility index (Phi) is 9.53. The summed E-state index contributed by atoms with van der Waals surface area (Å²) in [5.74, 6) is 3.75. The first-order chi connectivity index (χ1) is 19.5. The van der Waals surface area contributed by atoms with Gasteiger partial charge in [-0.05, 0) is 90.9 Å². The molecule has 1 N–H and O–H groups in total. The number of hydrogen-bond donors (Lipinski definition) is 1. The number of phenols is 1. The second kappa shape index (κ2) is 12.6. The number of hydrogen-bond acceptors (Lipinski definition) is 3. The monoisotopic (exact) mass is 646 g/mol. The van der Waals surface area contributed by atoms with Gasteiger partial charge < -0.3 is 9.84 Å². The second-order valence-corrected chi connectivity index (χ2v) is 20.8. The van der Waals surface area contributed by atoms with Crippen LogP contribution < -0.4 is 4.74 Å². The average Bonchev–Trinajstić information content (AvgIpc) is 2.91. The van der Waals surface area contributed by atoms with E-state index in [2.05, 4.69) is 45.0 Å². The molecule has 4 aliphatic carbocycles. The molecule has 4 saturated carbocycles. The molecule has 0 amide bonds. The quantitative estimate of drug-likeness (QED) is 0.221. The summed E-state index contributed by atoms with van der Waals surface area (Å²) in [6.45, 7) is 6.79. The Morgan fingerprint density at radius 2 is 1.41 bits per heavy atom. The van der Waals surface area contributed by atoms with Gasteiger partial charge >= 0.3 is 42.6 Å². The van der Waals surface area contributed by atoms with Crippen LogP contribution in [0.25, 0.3) is 11.1 Å². The van der Waals surface area contributed by atoms with Crippen LogP contribution in [0.5, 0.6) is 11.5 Å². The zero-order valence-electron chi connectivity index (χ0n) is 24.3. The maximum atomic E-state index is 11.8. The van der Waals surface area contributed by atoms with Crippen molar-refractivity contribution in [2.24, 2.45) is 22.7 Å². The Morgan fingerprint density at radius 1 is 0.878 bits per heavy atom. The van der Waals surface area contributed by atoms with E-state index in [1.54, 1.807) is 7.11 Å². The molecule has 3 aromatic carbocycles. The van der Waals surface area contributed by atoms with Crippen molar-refractivity contribution in [3.8, 4) is 22.6 Å². The van der Waals surface area contributed by atoms with Crippen molar-refractivity contribution in [2.45, 2.75) is 70.1 Å². The van der Waals surface area contributed by atoms with E-state index in [4.69, 9.17) is 37.6 Å². The Morgan fingerprint density at radius 3 is 1.98 bits per heavy atom. The fraction of sp³-hybridized carbons (Fsp3) is 0.441. The summed E-state index contributed by atoms with van der Waals surface area (Å²) in [4.78, 5) is 4.96. The van der Waals surface area contributed by atoms with Crippen molar-refractivity contribution in [1.29, 1.82) is 0 Å². The predicted molar refractivity (Wildman–Crippen MR) is 170 cm³/mol. The van der Waals surface area contributed by atoms with Gasteiger partial charge in [0.2, 0.25) is 0 Å². The summed E-state index contributed by atoms with van der Waals surface area (Å²) >= 11 is -1.92. The molecule has 0 heterocycles. The molecule has 7 rings (SSSR count). The van der Waals surface area contributed by atoms with Gasteiger partial charge in [0.05, 0.1) is 12.8 Å². The van der Waals surface area contributed by atoms with Gasteiger partial charge in [0.15, 0.2) is 0 Å². The van der Waals surface area contributed by atoms with Crippen LogP contribution in [0, 0.1) is 17.8 Å².